The second kappa shape index (κ2) is 7.92. The molecule has 27 heavy (non-hydrogen) atoms. The van der Waals surface area contributed by atoms with Crippen LogP contribution in [0.4, 0.5) is 11.6 Å². The highest BCUT2D eigenvalue weighted by Crippen LogP contribution is 2.26. The largest absolute Gasteiger partial charge is 0.421 e. The number of benzene rings is 1. The summed E-state index contributed by atoms with van der Waals surface area (Å²) < 4.78 is 5.16. The first-order chi connectivity index (χ1) is 12.8. The molecular weight excluding hydrogens is 368 g/mol. The molecule has 0 spiro atoms. The zero-order valence-electron chi connectivity index (χ0n) is 15.5. The number of nitrogens with one attached hydrogen (secondary N) is 1. The van der Waals surface area contributed by atoms with E-state index in [-0.39, 0.29) is 22.7 Å². The van der Waals surface area contributed by atoms with Crippen LogP contribution in [0.1, 0.15) is 31.9 Å². The highest BCUT2D eigenvalue weighted by molar-refractivity contribution is 6.31. The molecule has 3 rings (SSSR count). The summed E-state index contributed by atoms with van der Waals surface area (Å²) in [5, 5.41) is 3.15. The van der Waals surface area contributed by atoms with Gasteiger partial charge in [0.2, 0.25) is 11.9 Å². The van der Waals surface area contributed by atoms with Crippen LogP contribution in [0.5, 0.6) is 5.75 Å². The minimum atomic E-state index is -0.397. The number of amides is 1. The van der Waals surface area contributed by atoms with Gasteiger partial charge in [-0.1, -0.05) is 31.5 Å². The zero-order chi connectivity index (χ0) is 19.6. The molecule has 142 valence electrons. The van der Waals surface area contributed by atoms with Crippen LogP contribution in [0.2, 0.25) is 5.15 Å². The first-order valence-electron chi connectivity index (χ1n) is 8.72. The van der Waals surface area contributed by atoms with Gasteiger partial charge in [0.15, 0.2) is 10.9 Å². The third-order valence-corrected chi connectivity index (χ3v) is 4.58. The van der Waals surface area contributed by atoms with Crippen LogP contribution >= 0.6 is 11.6 Å². The Kier molecular flexibility index (Phi) is 5.60. The summed E-state index contributed by atoms with van der Waals surface area (Å²) in [5.41, 5.74) is 3.12. The number of hydrogen-bond acceptors (Lipinski definition) is 6. The Morgan fingerprint density at radius 3 is 2.74 bits per heavy atom. The topological polar surface area (TPSA) is 84.4 Å². The molecular formula is C19H21ClN4O3. The smallest absolute Gasteiger partial charge is 0.313 e. The molecule has 7 nitrogen and oxygen atoms in total. The van der Waals surface area contributed by atoms with E-state index in [9.17, 15) is 9.59 Å². The molecule has 0 radical (unpaired) electrons. The van der Waals surface area contributed by atoms with Crippen LogP contribution in [-0.2, 0) is 22.6 Å². The normalized spacial score (nSPS) is 13.3. The van der Waals surface area contributed by atoms with Gasteiger partial charge in [0.25, 0.3) is 0 Å². The van der Waals surface area contributed by atoms with Gasteiger partial charge < -0.3 is 15.0 Å². The number of ether oxygens (including phenoxy) is 1. The van der Waals surface area contributed by atoms with Gasteiger partial charge >= 0.3 is 5.97 Å². The highest BCUT2D eigenvalue weighted by atomic mass is 35.5. The number of nitrogens with zero attached hydrogens (tertiary/aromatic N) is 3. The number of carbonyl (C=O) groups is 2. The first kappa shape index (κ1) is 19.1. The van der Waals surface area contributed by atoms with Crippen molar-refractivity contribution in [3.63, 3.8) is 0 Å². The lowest BCUT2D eigenvalue weighted by Crippen LogP contribution is -2.34. The molecule has 0 unspecified atom stereocenters. The summed E-state index contributed by atoms with van der Waals surface area (Å²) in [5.74, 6) is -0.178. The summed E-state index contributed by atoms with van der Waals surface area (Å²) >= 11 is 6.10. The second-order valence-electron chi connectivity index (χ2n) is 6.72. The van der Waals surface area contributed by atoms with E-state index in [0.29, 0.717) is 12.5 Å². The molecule has 1 amide bonds. The van der Waals surface area contributed by atoms with E-state index in [4.69, 9.17) is 16.3 Å². The van der Waals surface area contributed by atoms with Crippen LogP contribution < -0.4 is 10.1 Å². The lowest BCUT2D eigenvalue weighted by molar-refractivity contribution is -0.137. The maximum Gasteiger partial charge on any atom is 0.313 e. The number of halogens is 1. The fourth-order valence-electron chi connectivity index (χ4n) is 2.74. The minimum Gasteiger partial charge on any atom is -0.421 e. The van der Waals surface area contributed by atoms with Crippen molar-refractivity contribution >= 4 is 35.1 Å². The van der Waals surface area contributed by atoms with Gasteiger partial charge in [-0.05, 0) is 29.7 Å². The minimum absolute atomic E-state index is 0.0576. The Hall–Kier alpha value is -2.67. The maximum atomic E-state index is 11.7. The van der Waals surface area contributed by atoms with Crippen molar-refractivity contribution in [2.45, 2.75) is 33.7 Å². The average molecular weight is 389 g/mol. The Morgan fingerprint density at radius 1 is 1.30 bits per heavy atom. The molecule has 0 bridgehead atoms. The molecule has 0 saturated heterocycles. The molecule has 1 aromatic heterocycles. The SMILES string of the molecule is CC(=O)N1CCc2ccc(Nc3ncc(OC(=O)C(C)C)c(Cl)n3)cc2C1. The van der Waals surface area contributed by atoms with Crippen molar-refractivity contribution in [3.8, 4) is 5.75 Å². The number of esters is 1. The van der Waals surface area contributed by atoms with Gasteiger partial charge in [0.1, 0.15) is 0 Å². The fraction of sp³-hybridized carbons (Fsp3) is 0.368. The molecule has 8 heteroatoms. The number of hydrogen-bond donors (Lipinski definition) is 1. The third-order valence-electron chi connectivity index (χ3n) is 4.31. The van der Waals surface area contributed by atoms with E-state index in [1.165, 1.54) is 11.8 Å². The van der Waals surface area contributed by atoms with E-state index in [0.717, 1.165) is 24.2 Å². The Bertz CT molecular complexity index is 885. The summed E-state index contributed by atoms with van der Waals surface area (Å²) in [6.45, 7) is 6.37. The summed E-state index contributed by atoms with van der Waals surface area (Å²) in [6, 6.07) is 5.95. The van der Waals surface area contributed by atoms with Gasteiger partial charge in [-0.3, -0.25) is 9.59 Å². The number of rotatable bonds is 4. The van der Waals surface area contributed by atoms with Crippen LogP contribution in [0, 0.1) is 5.92 Å². The number of anilines is 2. The number of aromatic nitrogens is 2. The molecule has 1 N–H and O–H groups in total. The molecule has 0 fully saturated rings. The summed E-state index contributed by atoms with van der Waals surface area (Å²) in [7, 11) is 0. The standard InChI is InChI=1S/C19H21ClN4O3/c1-11(2)18(26)27-16-9-21-19(23-17(16)20)22-15-5-4-13-6-7-24(12(3)25)10-14(13)8-15/h4-5,8-9,11H,6-7,10H2,1-3H3,(H,21,22,23). The molecule has 1 aliphatic rings. The average Bonchev–Trinajstić information content (AvgIpc) is 2.63. The predicted octanol–water partition coefficient (Wildman–Crippen LogP) is 3.34. The Morgan fingerprint density at radius 2 is 2.07 bits per heavy atom. The van der Waals surface area contributed by atoms with E-state index in [1.54, 1.807) is 20.8 Å². The molecule has 1 aromatic carbocycles. The molecule has 1 aliphatic heterocycles. The van der Waals surface area contributed by atoms with Crippen molar-refractivity contribution in [2.75, 3.05) is 11.9 Å². The van der Waals surface area contributed by atoms with Crippen molar-refractivity contribution in [2.24, 2.45) is 5.92 Å². The molecule has 0 atom stereocenters. The van der Waals surface area contributed by atoms with E-state index >= 15 is 0 Å². The molecule has 2 aromatic rings. The van der Waals surface area contributed by atoms with Crippen LogP contribution in [0.15, 0.2) is 24.4 Å². The fourth-order valence-corrected chi connectivity index (χ4v) is 2.91. The number of fused-ring (bicyclic) bond motifs is 1. The van der Waals surface area contributed by atoms with Gasteiger partial charge in [-0.25, -0.2) is 4.98 Å². The van der Waals surface area contributed by atoms with Crippen molar-refractivity contribution in [1.82, 2.24) is 14.9 Å². The van der Waals surface area contributed by atoms with Gasteiger partial charge in [0.05, 0.1) is 12.1 Å². The lowest BCUT2D eigenvalue weighted by atomic mass is 9.99. The van der Waals surface area contributed by atoms with E-state index < -0.39 is 5.97 Å². The highest BCUT2D eigenvalue weighted by Gasteiger charge is 2.19. The van der Waals surface area contributed by atoms with Crippen LogP contribution in [0.25, 0.3) is 0 Å². The first-order valence-corrected chi connectivity index (χ1v) is 9.10. The van der Waals surface area contributed by atoms with Crippen molar-refractivity contribution in [1.29, 1.82) is 0 Å². The van der Waals surface area contributed by atoms with Gasteiger partial charge in [0, 0.05) is 25.7 Å². The maximum absolute atomic E-state index is 11.7. The van der Waals surface area contributed by atoms with Crippen LogP contribution in [0.3, 0.4) is 0 Å². The molecule has 2 heterocycles. The van der Waals surface area contributed by atoms with Crippen molar-refractivity contribution < 1.29 is 14.3 Å². The summed E-state index contributed by atoms with van der Waals surface area (Å²) in [4.78, 5) is 33.4. The van der Waals surface area contributed by atoms with E-state index in [2.05, 4.69) is 15.3 Å². The number of carbonyl (C=O) groups excluding carboxylic acids is 2. The predicted molar refractivity (Wildman–Crippen MR) is 102 cm³/mol. The molecule has 0 saturated carbocycles. The van der Waals surface area contributed by atoms with Gasteiger partial charge in [-0.2, -0.15) is 4.98 Å². The van der Waals surface area contributed by atoms with Gasteiger partial charge in [-0.15, -0.1) is 0 Å². The monoisotopic (exact) mass is 388 g/mol. The van der Waals surface area contributed by atoms with Crippen LogP contribution in [-0.4, -0.2) is 33.3 Å². The van der Waals surface area contributed by atoms with Crippen molar-refractivity contribution in [3.05, 3.63) is 40.7 Å². The zero-order valence-corrected chi connectivity index (χ0v) is 16.2. The summed E-state index contributed by atoms with van der Waals surface area (Å²) in [6.07, 6.45) is 2.21. The lowest BCUT2D eigenvalue weighted by Gasteiger charge is -2.28. The van der Waals surface area contributed by atoms with E-state index in [1.807, 2.05) is 23.1 Å². The quantitative estimate of drug-likeness (QED) is 0.638. The Balaban J connectivity index is 1.74. The third kappa shape index (κ3) is 4.54. The Labute approximate surface area is 162 Å². The molecule has 0 aliphatic carbocycles. The second-order valence-corrected chi connectivity index (χ2v) is 7.08.